The lowest BCUT2D eigenvalue weighted by Crippen LogP contribution is -2.39. The molecule has 0 bridgehead atoms. The topological polar surface area (TPSA) is 58.6 Å². The van der Waals surface area contributed by atoms with Crippen molar-refractivity contribution in [1.82, 2.24) is 5.32 Å². The summed E-state index contributed by atoms with van der Waals surface area (Å²) in [5.74, 6) is 1.13. The van der Waals surface area contributed by atoms with Crippen LogP contribution in [0.25, 0.3) is 6.08 Å². The number of carbonyl (C=O) groups excluding carboxylic acids is 1. The number of halogens is 1. The molecule has 4 nitrogen and oxygen atoms in total. The van der Waals surface area contributed by atoms with Gasteiger partial charge in [0, 0.05) is 23.2 Å². The lowest BCUT2D eigenvalue weighted by atomic mass is 10.1. The highest BCUT2D eigenvalue weighted by atomic mass is 35.5. The molecule has 1 atom stereocenters. The van der Waals surface area contributed by atoms with Gasteiger partial charge in [0.05, 0.1) is 5.57 Å². The van der Waals surface area contributed by atoms with E-state index in [1.54, 1.807) is 12.1 Å². The number of fused-ring (bicyclic) bond motifs is 1. The minimum absolute atomic E-state index is 0.0594. The predicted molar refractivity (Wildman–Crippen MR) is 81.3 cm³/mol. The highest BCUT2D eigenvalue weighted by Gasteiger charge is 2.32. The monoisotopic (exact) mass is 307 g/mol. The van der Waals surface area contributed by atoms with Gasteiger partial charge in [0.25, 0.3) is 5.91 Å². The molecule has 2 N–H and O–H groups in total. The van der Waals surface area contributed by atoms with Crippen molar-refractivity contribution in [3.8, 4) is 5.75 Å². The zero-order valence-electron chi connectivity index (χ0n) is 11.6. The molecule has 1 saturated carbocycles. The Morgan fingerprint density at radius 2 is 2.29 bits per heavy atom. The van der Waals surface area contributed by atoms with Gasteiger partial charge in [-0.15, -0.1) is 0 Å². The van der Waals surface area contributed by atoms with Gasteiger partial charge >= 0.3 is 0 Å². The van der Waals surface area contributed by atoms with E-state index in [2.05, 4.69) is 5.32 Å². The normalized spacial score (nSPS) is 18.3. The first-order chi connectivity index (χ1) is 10.2. The van der Waals surface area contributed by atoms with Crippen LogP contribution in [0.1, 0.15) is 24.8 Å². The molecular weight excluding hydrogens is 290 g/mol. The summed E-state index contributed by atoms with van der Waals surface area (Å²) in [4.78, 5) is 12.3. The van der Waals surface area contributed by atoms with Crippen LogP contribution >= 0.6 is 11.6 Å². The second kappa shape index (κ2) is 6.08. The Morgan fingerprint density at radius 1 is 1.48 bits per heavy atom. The Morgan fingerprint density at radius 3 is 3.00 bits per heavy atom. The highest BCUT2D eigenvalue weighted by molar-refractivity contribution is 6.30. The van der Waals surface area contributed by atoms with E-state index in [0.29, 0.717) is 22.9 Å². The highest BCUT2D eigenvalue weighted by Crippen LogP contribution is 2.34. The average molecular weight is 308 g/mol. The summed E-state index contributed by atoms with van der Waals surface area (Å²) >= 11 is 5.97. The number of hydrogen-bond acceptors (Lipinski definition) is 3. The molecule has 0 saturated heterocycles. The summed E-state index contributed by atoms with van der Waals surface area (Å²) < 4.78 is 5.59. The molecule has 1 amide bonds. The maximum atomic E-state index is 12.3. The largest absolute Gasteiger partial charge is 0.488 e. The summed E-state index contributed by atoms with van der Waals surface area (Å²) in [5.41, 5.74) is 1.41. The molecule has 1 aliphatic heterocycles. The third kappa shape index (κ3) is 3.39. The first-order valence-electron chi connectivity index (χ1n) is 7.22. The number of amides is 1. The summed E-state index contributed by atoms with van der Waals surface area (Å²) in [5, 5.41) is 12.7. The van der Waals surface area contributed by atoms with Crippen LogP contribution in [0.5, 0.6) is 5.75 Å². The number of nitrogens with one attached hydrogen (secondary N) is 1. The smallest absolute Gasteiger partial charge is 0.250 e. The molecule has 1 fully saturated rings. The molecule has 2 aliphatic rings. The van der Waals surface area contributed by atoms with E-state index in [0.717, 1.165) is 24.2 Å². The predicted octanol–water partition coefficient (Wildman–Crippen LogP) is 2.39. The van der Waals surface area contributed by atoms with Crippen LogP contribution < -0.4 is 10.1 Å². The maximum Gasteiger partial charge on any atom is 0.250 e. The van der Waals surface area contributed by atoms with E-state index < -0.39 is 0 Å². The van der Waals surface area contributed by atoms with E-state index in [1.807, 2.05) is 12.1 Å². The van der Waals surface area contributed by atoms with Crippen molar-refractivity contribution >= 4 is 23.6 Å². The van der Waals surface area contributed by atoms with Gasteiger partial charge in [0.1, 0.15) is 12.4 Å². The Labute approximate surface area is 128 Å². The van der Waals surface area contributed by atoms with E-state index in [-0.39, 0.29) is 25.2 Å². The molecule has 0 spiro atoms. The van der Waals surface area contributed by atoms with Crippen molar-refractivity contribution in [2.24, 2.45) is 5.92 Å². The number of aliphatic hydroxyl groups is 1. The number of aliphatic hydroxyl groups excluding tert-OH is 1. The first kappa shape index (κ1) is 14.4. The van der Waals surface area contributed by atoms with Gasteiger partial charge in [-0.2, -0.15) is 0 Å². The quantitative estimate of drug-likeness (QED) is 0.878. The third-order valence-electron chi connectivity index (χ3n) is 3.92. The van der Waals surface area contributed by atoms with Crippen LogP contribution in [-0.4, -0.2) is 30.3 Å². The van der Waals surface area contributed by atoms with Crippen molar-refractivity contribution in [2.75, 3.05) is 13.2 Å². The average Bonchev–Trinajstić information content (AvgIpc) is 3.30. The Hall–Kier alpha value is -1.52. The van der Waals surface area contributed by atoms with Crippen molar-refractivity contribution in [3.63, 3.8) is 0 Å². The molecule has 21 heavy (non-hydrogen) atoms. The Kier molecular flexibility index (Phi) is 4.17. The number of rotatable bonds is 5. The van der Waals surface area contributed by atoms with Crippen LogP contribution in [0, 0.1) is 5.92 Å². The molecule has 3 rings (SSSR count). The zero-order valence-corrected chi connectivity index (χ0v) is 12.4. The van der Waals surface area contributed by atoms with Crippen molar-refractivity contribution < 1.29 is 14.6 Å². The molecule has 1 aliphatic carbocycles. The molecule has 1 unspecified atom stereocenters. The second-order valence-corrected chi connectivity index (χ2v) is 6.01. The van der Waals surface area contributed by atoms with Crippen molar-refractivity contribution in [3.05, 3.63) is 34.4 Å². The lowest BCUT2D eigenvalue weighted by Gasteiger charge is -2.21. The van der Waals surface area contributed by atoms with Crippen LogP contribution in [0.15, 0.2) is 23.8 Å². The van der Waals surface area contributed by atoms with E-state index >= 15 is 0 Å². The van der Waals surface area contributed by atoms with Gasteiger partial charge in [-0.25, -0.2) is 0 Å². The standard InChI is InChI=1S/C16H18ClNO3/c17-13-3-4-15-11(8-13)7-12(9-21-15)16(20)18-14(5-6-19)10-1-2-10/h3-4,7-8,10,14,19H,1-2,5-6,9H2,(H,18,20). The van der Waals surface area contributed by atoms with Crippen LogP contribution in [0.3, 0.4) is 0 Å². The second-order valence-electron chi connectivity index (χ2n) is 5.57. The summed E-state index contributed by atoms with van der Waals surface area (Å²) in [6.45, 7) is 0.354. The van der Waals surface area contributed by atoms with E-state index in [1.165, 1.54) is 0 Å². The van der Waals surface area contributed by atoms with Gasteiger partial charge < -0.3 is 15.2 Å². The third-order valence-corrected chi connectivity index (χ3v) is 4.16. The first-order valence-corrected chi connectivity index (χ1v) is 7.60. The molecule has 1 aromatic rings. The van der Waals surface area contributed by atoms with Crippen LogP contribution in [0.2, 0.25) is 5.02 Å². The van der Waals surface area contributed by atoms with Gasteiger partial charge in [-0.1, -0.05) is 11.6 Å². The van der Waals surface area contributed by atoms with Crippen LogP contribution in [0.4, 0.5) is 0 Å². The molecule has 0 radical (unpaired) electrons. The zero-order chi connectivity index (χ0) is 14.8. The molecule has 1 aromatic carbocycles. The molecule has 112 valence electrons. The van der Waals surface area contributed by atoms with E-state index in [9.17, 15) is 4.79 Å². The number of carbonyl (C=O) groups is 1. The van der Waals surface area contributed by atoms with Gasteiger partial charge in [0.15, 0.2) is 0 Å². The molecule has 1 heterocycles. The Balaban J connectivity index is 1.72. The summed E-state index contributed by atoms with van der Waals surface area (Å²) in [6.07, 6.45) is 4.67. The number of ether oxygens (including phenoxy) is 1. The van der Waals surface area contributed by atoms with E-state index in [4.69, 9.17) is 21.4 Å². The fourth-order valence-electron chi connectivity index (χ4n) is 2.60. The fraction of sp³-hybridized carbons (Fsp3) is 0.438. The van der Waals surface area contributed by atoms with Crippen LogP contribution in [-0.2, 0) is 4.79 Å². The van der Waals surface area contributed by atoms with Crippen molar-refractivity contribution in [1.29, 1.82) is 0 Å². The lowest BCUT2D eigenvalue weighted by molar-refractivity contribution is -0.118. The number of benzene rings is 1. The van der Waals surface area contributed by atoms with Gasteiger partial charge in [-0.05, 0) is 49.5 Å². The SMILES string of the molecule is O=C(NC(CCO)C1CC1)C1=Cc2cc(Cl)ccc2OC1. The molecular formula is C16H18ClNO3. The van der Waals surface area contributed by atoms with Gasteiger partial charge in [-0.3, -0.25) is 4.79 Å². The minimum Gasteiger partial charge on any atom is -0.488 e. The Bertz CT molecular complexity index is 581. The molecule has 5 heteroatoms. The summed E-state index contributed by atoms with van der Waals surface area (Å²) in [6, 6.07) is 5.42. The number of hydrogen-bond donors (Lipinski definition) is 2. The fourth-order valence-corrected chi connectivity index (χ4v) is 2.78. The maximum absolute atomic E-state index is 12.3. The van der Waals surface area contributed by atoms with Gasteiger partial charge in [0.2, 0.25) is 0 Å². The minimum atomic E-state index is -0.119. The summed E-state index contributed by atoms with van der Waals surface area (Å²) in [7, 11) is 0. The molecule has 0 aromatic heterocycles. The van der Waals surface area contributed by atoms with Crippen molar-refractivity contribution in [2.45, 2.75) is 25.3 Å².